The van der Waals surface area contributed by atoms with Crippen molar-refractivity contribution in [2.75, 3.05) is 45.3 Å². The number of aliphatic hydroxyl groups excluding tert-OH is 2. The lowest BCUT2D eigenvalue weighted by Gasteiger charge is -2.35. The normalized spacial score (nSPS) is 20.5. The van der Waals surface area contributed by atoms with E-state index in [1.165, 1.54) is 0 Å². The van der Waals surface area contributed by atoms with Crippen LogP contribution in [0.1, 0.15) is 16.8 Å². The van der Waals surface area contributed by atoms with E-state index in [0.717, 1.165) is 17.0 Å². The summed E-state index contributed by atoms with van der Waals surface area (Å²) in [6.45, 7) is 1.96. The molecule has 8 nitrogen and oxygen atoms in total. The van der Waals surface area contributed by atoms with Gasteiger partial charge in [0.15, 0.2) is 0 Å². The van der Waals surface area contributed by atoms with Gasteiger partial charge in [0.25, 0.3) is 5.91 Å². The number of ether oxygens (including phenoxy) is 1. The number of piperidine rings is 1. The van der Waals surface area contributed by atoms with Crippen molar-refractivity contribution in [2.45, 2.75) is 12.5 Å². The largest absolute Gasteiger partial charge is 0.396 e. The average Bonchev–Trinajstić information content (AvgIpc) is 2.96. The lowest BCUT2D eigenvalue weighted by Crippen LogP contribution is -2.47. The molecule has 2 atom stereocenters. The molecule has 0 radical (unpaired) electrons. The molecule has 8 heteroatoms. The summed E-state index contributed by atoms with van der Waals surface area (Å²) in [4.78, 5) is 19.0. The van der Waals surface area contributed by atoms with E-state index in [0.29, 0.717) is 31.7 Å². The number of aromatic nitrogens is 2. The SMILES string of the molecule is COCCNc1nc2cc(C(=O)N3CC[C@@H](CO)[C@H](O)C3)ccc2n1C. The molecule has 1 aliphatic rings. The zero-order valence-corrected chi connectivity index (χ0v) is 15.2. The maximum Gasteiger partial charge on any atom is 0.254 e. The predicted molar refractivity (Wildman–Crippen MR) is 98.2 cm³/mol. The van der Waals surface area contributed by atoms with E-state index in [-0.39, 0.29) is 25.0 Å². The Morgan fingerprint density at radius 1 is 1.46 bits per heavy atom. The minimum Gasteiger partial charge on any atom is -0.396 e. The third kappa shape index (κ3) is 3.67. The third-order valence-electron chi connectivity index (χ3n) is 4.96. The number of anilines is 1. The first-order valence-electron chi connectivity index (χ1n) is 8.82. The highest BCUT2D eigenvalue weighted by atomic mass is 16.5. The molecular formula is C18H26N4O4. The zero-order chi connectivity index (χ0) is 18.7. The minimum absolute atomic E-state index is 0.0536. The molecule has 0 bridgehead atoms. The highest BCUT2D eigenvalue weighted by Gasteiger charge is 2.30. The number of fused-ring (bicyclic) bond motifs is 1. The van der Waals surface area contributed by atoms with Gasteiger partial charge in [0.2, 0.25) is 5.95 Å². The number of imidazole rings is 1. The van der Waals surface area contributed by atoms with Crippen LogP contribution in [0.5, 0.6) is 0 Å². The van der Waals surface area contributed by atoms with Crippen LogP contribution in [0.3, 0.4) is 0 Å². The standard InChI is InChI=1S/C18H26N4O4/c1-21-15-4-3-12(9-14(15)20-18(21)19-6-8-26-2)17(25)22-7-5-13(11-23)16(24)10-22/h3-4,9,13,16,23-24H,5-8,10-11H2,1-2H3,(H,19,20)/t13-,16+/m0/s1. The summed E-state index contributed by atoms with van der Waals surface area (Å²) in [5, 5.41) is 22.5. The quantitative estimate of drug-likeness (QED) is 0.645. The minimum atomic E-state index is -0.687. The van der Waals surface area contributed by atoms with Gasteiger partial charge in [-0.2, -0.15) is 0 Å². The Labute approximate surface area is 152 Å². The van der Waals surface area contributed by atoms with Gasteiger partial charge < -0.3 is 29.7 Å². The van der Waals surface area contributed by atoms with Crippen molar-refractivity contribution in [3.63, 3.8) is 0 Å². The second-order valence-corrected chi connectivity index (χ2v) is 6.67. The Balaban J connectivity index is 1.77. The van der Waals surface area contributed by atoms with Crippen LogP contribution in [0, 0.1) is 5.92 Å². The molecule has 1 amide bonds. The number of hydrogen-bond acceptors (Lipinski definition) is 6. The molecule has 3 rings (SSSR count). The fourth-order valence-corrected chi connectivity index (χ4v) is 3.32. The molecule has 1 aliphatic heterocycles. The Bertz CT molecular complexity index is 776. The van der Waals surface area contributed by atoms with Crippen molar-refractivity contribution in [3.05, 3.63) is 23.8 Å². The highest BCUT2D eigenvalue weighted by Crippen LogP contribution is 2.23. The second kappa shape index (κ2) is 8.03. The molecule has 1 fully saturated rings. The molecule has 1 aromatic heterocycles. The van der Waals surface area contributed by atoms with Gasteiger partial charge in [-0.05, 0) is 24.6 Å². The summed E-state index contributed by atoms with van der Waals surface area (Å²) < 4.78 is 6.97. The fourth-order valence-electron chi connectivity index (χ4n) is 3.32. The van der Waals surface area contributed by atoms with E-state index < -0.39 is 6.10 Å². The molecule has 0 spiro atoms. The fraction of sp³-hybridized carbons (Fsp3) is 0.556. The number of hydrogen-bond donors (Lipinski definition) is 3. The van der Waals surface area contributed by atoms with Gasteiger partial charge in [0.1, 0.15) is 0 Å². The number of methoxy groups -OCH3 is 1. The molecule has 1 aromatic carbocycles. The van der Waals surface area contributed by atoms with E-state index >= 15 is 0 Å². The smallest absolute Gasteiger partial charge is 0.254 e. The van der Waals surface area contributed by atoms with Gasteiger partial charge in [-0.15, -0.1) is 0 Å². The van der Waals surface area contributed by atoms with Crippen LogP contribution in [-0.4, -0.2) is 76.6 Å². The molecule has 0 aliphatic carbocycles. The Morgan fingerprint density at radius 2 is 2.27 bits per heavy atom. The van der Waals surface area contributed by atoms with Crippen LogP contribution < -0.4 is 5.32 Å². The van der Waals surface area contributed by atoms with Crippen LogP contribution >= 0.6 is 0 Å². The number of nitrogens with one attached hydrogen (secondary N) is 1. The lowest BCUT2D eigenvalue weighted by atomic mass is 9.94. The van der Waals surface area contributed by atoms with Crippen molar-refractivity contribution in [2.24, 2.45) is 13.0 Å². The number of likely N-dealkylation sites (tertiary alicyclic amines) is 1. The first kappa shape index (κ1) is 18.6. The molecule has 0 unspecified atom stereocenters. The molecule has 2 aromatic rings. The van der Waals surface area contributed by atoms with Crippen molar-refractivity contribution in [1.29, 1.82) is 0 Å². The summed E-state index contributed by atoms with van der Waals surface area (Å²) in [7, 11) is 3.57. The second-order valence-electron chi connectivity index (χ2n) is 6.67. The number of benzene rings is 1. The van der Waals surface area contributed by atoms with Gasteiger partial charge in [0.05, 0.1) is 23.7 Å². The number of carbonyl (C=O) groups excluding carboxylic acids is 1. The van der Waals surface area contributed by atoms with E-state index in [4.69, 9.17) is 4.74 Å². The van der Waals surface area contributed by atoms with Crippen LogP contribution in [0.4, 0.5) is 5.95 Å². The summed E-state index contributed by atoms with van der Waals surface area (Å²) >= 11 is 0. The summed E-state index contributed by atoms with van der Waals surface area (Å²) in [6.07, 6.45) is -0.0872. The topological polar surface area (TPSA) is 99.8 Å². The van der Waals surface area contributed by atoms with Crippen molar-refractivity contribution in [3.8, 4) is 0 Å². The van der Waals surface area contributed by atoms with Gasteiger partial charge in [-0.3, -0.25) is 4.79 Å². The van der Waals surface area contributed by atoms with E-state index in [2.05, 4.69) is 10.3 Å². The van der Waals surface area contributed by atoms with Crippen molar-refractivity contribution >= 4 is 22.9 Å². The average molecular weight is 362 g/mol. The number of β-amino-alcohol motifs (C(OH)–C–C–N with tert-alkyl or cyclic N) is 1. The lowest BCUT2D eigenvalue weighted by molar-refractivity contribution is 0.000883. The molecule has 1 saturated heterocycles. The summed E-state index contributed by atoms with van der Waals surface area (Å²) in [6, 6.07) is 5.45. The van der Waals surface area contributed by atoms with Gasteiger partial charge in [-0.25, -0.2) is 4.98 Å². The molecular weight excluding hydrogens is 336 g/mol. The number of aryl methyl sites for hydroxylation is 1. The Kier molecular flexibility index (Phi) is 5.75. The number of carbonyl (C=O) groups is 1. The van der Waals surface area contributed by atoms with Crippen LogP contribution in [0.2, 0.25) is 0 Å². The molecule has 0 saturated carbocycles. The van der Waals surface area contributed by atoms with Crippen LogP contribution in [-0.2, 0) is 11.8 Å². The summed E-state index contributed by atoms with van der Waals surface area (Å²) in [5.74, 6) is 0.445. The first-order chi connectivity index (χ1) is 12.5. The molecule has 26 heavy (non-hydrogen) atoms. The maximum atomic E-state index is 12.8. The third-order valence-corrected chi connectivity index (χ3v) is 4.96. The number of rotatable bonds is 6. The summed E-state index contributed by atoms with van der Waals surface area (Å²) in [5.41, 5.74) is 2.22. The van der Waals surface area contributed by atoms with Crippen LogP contribution in [0.25, 0.3) is 11.0 Å². The number of amides is 1. The Morgan fingerprint density at radius 3 is 2.96 bits per heavy atom. The van der Waals surface area contributed by atoms with Crippen molar-refractivity contribution < 1.29 is 19.7 Å². The van der Waals surface area contributed by atoms with E-state index in [1.54, 1.807) is 24.1 Å². The number of nitrogens with zero attached hydrogens (tertiary/aromatic N) is 3. The van der Waals surface area contributed by atoms with Crippen molar-refractivity contribution in [1.82, 2.24) is 14.5 Å². The van der Waals surface area contributed by atoms with Gasteiger partial charge in [-0.1, -0.05) is 0 Å². The molecule has 3 N–H and O–H groups in total. The molecule has 142 valence electrons. The predicted octanol–water partition coefficient (Wildman–Crippen LogP) is 0.447. The van der Waals surface area contributed by atoms with E-state index in [9.17, 15) is 15.0 Å². The molecule has 2 heterocycles. The number of aliphatic hydroxyl groups is 2. The van der Waals surface area contributed by atoms with E-state index in [1.807, 2.05) is 17.7 Å². The van der Waals surface area contributed by atoms with Gasteiger partial charge >= 0.3 is 0 Å². The monoisotopic (exact) mass is 362 g/mol. The van der Waals surface area contributed by atoms with Gasteiger partial charge in [0, 0.05) is 51.9 Å². The zero-order valence-electron chi connectivity index (χ0n) is 15.2. The van der Waals surface area contributed by atoms with Crippen LogP contribution in [0.15, 0.2) is 18.2 Å². The highest BCUT2D eigenvalue weighted by molar-refractivity contribution is 5.97. The Hall–Kier alpha value is -2.16. The first-order valence-corrected chi connectivity index (χ1v) is 8.82. The maximum absolute atomic E-state index is 12.8.